The normalized spacial score (nSPS) is 9.86. The minimum absolute atomic E-state index is 0.450. The van der Waals surface area contributed by atoms with Gasteiger partial charge in [0.25, 0.3) is 0 Å². The summed E-state index contributed by atoms with van der Waals surface area (Å²) in [5.74, 6) is 0.858. The molecule has 0 saturated carbocycles. The molecule has 0 N–H and O–H groups in total. The zero-order valence-corrected chi connectivity index (χ0v) is 8.53. The van der Waals surface area contributed by atoms with Crippen molar-refractivity contribution in [2.75, 3.05) is 20.7 Å². The lowest BCUT2D eigenvalue weighted by molar-refractivity contribution is 0.367. The molecule has 0 aliphatic rings. The SMILES string of the molecule is COc1ccc(CN(C)CC#N)cc1. The fourth-order valence-corrected chi connectivity index (χ4v) is 1.22. The Morgan fingerprint density at radius 2 is 2.00 bits per heavy atom. The largest absolute Gasteiger partial charge is 0.497 e. The molecule has 3 heteroatoms. The molecule has 14 heavy (non-hydrogen) atoms. The predicted molar refractivity (Wildman–Crippen MR) is 54.9 cm³/mol. The summed E-state index contributed by atoms with van der Waals surface area (Å²) in [7, 11) is 3.57. The van der Waals surface area contributed by atoms with E-state index in [1.54, 1.807) is 7.11 Å². The summed E-state index contributed by atoms with van der Waals surface area (Å²) in [6.45, 7) is 1.24. The summed E-state index contributed by atoms with van der Waals surface area (Å²) in [6, 6.07) is 9.98. The van der Waals surface area contributed by atoms with Crippen molar-refractivity contribution < 1.29 is 4.74 Å². The molecule has 0 aliphatic heterocycles. The molecule has 0 fully saturated rings. The average Bonchev–Trinajstić information content (AvgIpc) is 2.19. The zero-order valence-electron chi connectivity index (χ0n) is 8.53. The van der Waals surface area contributed by atoms with Crippen molar-refractivity contribution in [1.82, 2.24) is 4.90 Å². The second-order valence-electron chi connectivity index (χ2n) is 3.18. The summed E-state index contributed by atoms with van der Waals surface area (Å²) in [5, 5.41) is 8.49. The van der Waals surface area contributed by atoms with Gasteiger partial charge >= 0.3 is 0 Å². The lowest BCUT2D eigenvalue weighted by Crippen LogP contribution is -2.17. The van der Waals surface area contributed by atoms with E-state index in [0.29, 0.717) is 6.54 Å². The van der Waals surface area contributed by atoms with E-state index in [-0.39, 0.29) is 0 Å². The number of ether oxygens (including phenoxy) is 1. The van der Waals surface area contributed by atoms with Gasteiger partial charge in [0.1, 0.15) is 5.75 Å². The van der Waals surface area contributed by atoms with Gasteiger partial charge in [-0.2, -0.15) is 5.26 Å². The Morgan fingerprint density at radius 3 is 2.50 bits per heavy atom. The molecule has 0 aliphatic carbocycles. The van der Waals surface area contributed by atoms with Crippen LogP contribution < -0.4 is 4.74 Å². The van der Waals surface area contributed by atoms with Gasteiger partial charge in [-0.15, -0.1) is 0 Å². The number of rotatable bonds is 4. The van der Waals surface area contributed by atoms with Crippen LogP contribution >= 0.6 is 0 Å². The van der Waals surface area contributed by atoms with Crippen molar-refractivity contribution in [3.8, 4) is 11.8 Å². The maximum absolute atomic E-state index is 8.49. The molecule has 1 aromatic rings. The molecule has 0 spiro atoms. The van der Waals surface area contributed by atoms with Gasteiger partial charge in [-0.1, -0.05) is 12.1 Å². The first-order valence-electron chi connectivity index (χ1n) is 4.44. The summed E-state index contributed by atoms with van der Waals surface area (Å²) in [6.07, 6.45) is 0. The van der Waals surface area contributed by atoms with Crippen molar-refractivity contribution >= 4 is 0 Å². The Kier molecular flexibility index (Phi) is 3.96. The number of methoxy groups -OCH3 is 1. The molecular formula is C11H14N2O. The maximum Gasteiger partial charge on any atom is 0.118 e. The minimum atomic E-state index is 0.450. The van der Waals surface area contributed by atoms with Crippen molar-refractivity contribution in [2.45, 2.75) is 6.54 Å². The quantitative estimate of drug-likeness (QED) is 0.677. The Labute approximate surface area is 84.5 Å². The van der Waals surface area contributed by atoms with Crippen LogP contribution in [0.25, 0.3) is 0 Å². The predicted octanol–water partition coefficient (Wildman–Crippen LogP) is 1.65. The monoisotopic (exact) mass is 190 g/mol. The van der Waals surface area contributed by atoms with Crippen LogP contribution in [0.3, 0.4) is 0 Å². The van der Waals surface area contributed by atoms with Crippen molar-refractivity contribution in [2.24, 2.45) is 0 Å². The Bertz CT molecular complexity index is 313. The third-order valence-electron chi connectivity index (χ3n) is 1.95. The fourth-order valence-electron chi connectivity index (χ4n) is 1.22. The van der Waals surface area contributed by atoms with E-state index in [4.69, 9.17) is 10.00 Å². The van der Waals surface area contributed by atoms with E-state index in [9.17, 15) is 0 Å². The first-order valence-corrected chi connectivity index (χ1v) is 4.44. The van der Waals surface area contributed by atoms with Gasteiger partial charge < -0.3 is 4.74 Å². The molecule has 1 rings (SSSR count). The molecule has 0 unspecified atom stereocenters. The highest BCUT2D eigenvalue weighted by atomic mass is 16.5. The van der Waals surface area contributed by atoms with E-state index >= 15 is 0 Å². The van der Waals surface area contributed by atoms with Gasteiger partial charge in [0, 0.05) is 6.54 Å². The molecule has 0 saturated heterocycles. The molecule has 0 heterocycles. The van der Waals surface area contributed by atoms with Gasteiger partial charge in [0.05, 0.1) is 19.7 Å². The van der Waals surface area contributed by atoms with E-state index in [1.165, 1.54) is 5.56 Å². The summed E-state index contributed by atoms with van der Waals surface area (Å²) >= 11 is 0. The molecule has 1 aromatic carbocycles. The van der Waals surface area contributed by atoms with Crippen LogP contribution in [-0.2, 0) is 6.54 Å². The van der Waals surface area contributed by atoms with Gasteiger partial charge in [0.15, 0.2) is 0 Å². The van der Waals surface area contributed by atoms with Crippen LogP contribution in [-0.4, -0.2) is 25.6 Å². The molecule has 0 aromatic heterocycles. The van der Waals surface area contributed by atoms with Crippen molar-refractivity contribution in [3.05, 3.63) is 29.8 Å². The molecule has 74 valence electrons. The Hall–Kier alpha value is -1.53. The van der Waals surface area contributed by atoms with Crippen LogP contribution in [0.15, 0.2) is 24.3 Å². The first kappa shape index (κ1) is 10.6. The van der Waals surface area contributed by atoms with Gasteiger partial charge in [0.2, 0.25) is 0 Å². The van der Waals surface area contributed by atoms with E-state index < -0.39 is 0 Å². The Balaban J connectivity index is 2.56. The summed E-state index contributed by atoms with van der Waals surface area (Å²) < 4.78 is 5.06. The number of benzene rings is 1. The number of hydrogen-bond acceptors (Lipinski definition) is 3. The lowest BCUT2D eigenvalue weighted by Gasteiger charge is -2.12. The molecular weight excluding hydrogens is 176 g/mol. The molecule has 3 nitrogen and oxygen atoms in total. The number of nitrogens with zero attached hydrogens (tertiary/aromatic N) is 2. The zero-order chi connectivity index (χ0) is 10.4. The first-order chi connectivity index (χ1) is 6.76. The van der Waals surface area contributed by atoms with E-state index in [1.807, 2.05) is 36.2 Å². The maximum atomic E-state index is 8.49. The van der Waals surface area contributed by atoms with Gasteiger partial charge in [-0.25, -0.2) is 0 Å². The second kappa shape index (κ2) is 5.25. The van der Waals surface area contributed by atoms with E-state index in [2.05, 4.69) is 6.07 Å². The molecule has 0 radical (unpaired) electrons. The highest BCUT2D eigenvalue weighted by Crippen LogP contribution is 2.12. The van der Waals surface area contributed by atoms with Crippen LogP contribution in [0.2, 0.25) is 0 Å². The highest BCUT2D eigenvalue weighted by Gasteiger charge is 1.99. The second-order valence-corrected chi connectivity index (χ2v) is 3.18. The third kappa shape index (κ3) is 3.08. The molecule has 0 atom stereocenters. The number of nitriles is 1. The lowest BCUT2D eigenvalue weighted by atomic mass is 10.2. The summed E-state index contributed by atoms with van der Waals surface area (Å²) in [4.78, 5) is 1.96. The molecule has 0 bridgehead atoms. The van der Waals surface area contributed by atoms with Crippen LogP contribution in [0, 0.1) is 11.3 Å². The van der Waals surface area contributed by atoms with Crippen LogP contribution in [0.1, 0.15) is 5.56 Å². The van der Waals surface area contributed by atoms with Crippen molar-refractivity contribution in [3.63, 3.8) is 0 Å². The molecule has 0 amide bonds. The fraction of sp³-hybridized carbons (Fsp3) is 0.364. The van der Waals surface area contributed by atoms with E-state index in [0.717, 1.165) is 12.3 Å². The number of hydrogen-bond donors (Lipinski definition) is 0. The van der Waals surface area contributed by atoms with Crippen molar-refractivity contribution in [1.29, 1.82) is 5.26 Å². The van der Waals surface area contributed by atoms with Gasteiger partial charge in [-0.05, 0) is 24.7 Å². The standard InChI is InChI=1S/C11H14N2O/c1-13(8-7-12)9-10-3-5-11(14-2)6-4-10/h3-6H,8-9H2,1-2H3. The Morgan fingerprint density at radius 1 is 1.36 bits per heavy atom. The topological polar surface area (TPSA) is 36.3 Å². The third-order valence-corrected chi connectivity index (χ3v) is 1.95. The van der Waals surface area contributed by atoms with Crippen LogP contribution in [0.4, 0.5) is 0 Å². The highest BCUT2D eigenvalue weighted by molar-refractivity contribution is 5.27. The van der Waals surface area contributed by atoms with Gasteiger partial charge in [-0.3, -0.25) is 4.90 Å². The smallest absolute Gasteiger partial charge is 0.118 e. The summed E-state index contributed by atoms with van der Waals surface area (Å²) in [5.41, 5.74) is 1.18. The van der Waals surface area contributed by atoms with Crippen LogP contribution in [0.5, 0.6) is 5.75 Å². The average molecular weight is 190 g/mol. The minimum Gasteiger partial charge on any atom is -0.497 e.